The maximum atomic E-state index is 9.00. The first-order valence-electron chi connectivity index (χ1n) is 5.89. The Balaban J connectivity index is 4.22. The second kappa shape index (κ2) is 5.46. The van der Waals surface area contributed by atoms with Gasteiger partial charge in [-0.05, 0) is 37.4 Å². The van der Waals surface area contributed by atoms with E-state index >= 15 is 0 Å². The molecule has 0 saturated carbocycles. The summed E-state index contributed by atoms with van der Waals surface area (Å²) in [6, 6.07) is 0. The molecule has 0 rings (SSSR count). The van der Waals surface area contributed by atoms with Gasteiger partial charge in [-0.1, -0.05) is 27.7 Å². The van der Waals surface area contributed by atoms with Crippen molar-refractivity contribution in [3.05, 3.63) is 0 Å². The van der Waals surface area contributed by atoms with Crippen LogP contribution in [-0.4, -0.2) is 26.1 Å². The standard InChI is InChI=1S/C12H28O2Si/c1-10(9-13)8-11(2)14-15(6,7)12(3,4)5/h10-11,13H,8-9H2,1-7H3. The van der Waals surface area contributed by atoms with E-state index in [9.17, 15) is 0 Å². The number of hydrogen-bond acceptors (Lipinski definition) is 2. The summed E-state index contributed by atoms with van der Waals surface area (Å²) in [5.41, 5.74) is 0. The van der Waals surface area contributed by atoms with E-state index in [1.165, 1.54) is 0 Å². The van der Waals surface area contributed by atoms with Gasteiger partial charge in [-0.25, -0.2) is 0 Å². The van der Waals surface area contributed by atoms with Crippen LogP contribution in [0.5, 0.6) is 0 Å². The van der Waals surface area contributed by atoms with Crippen LogP contribution in [0.2, 0.25) is 18.1 Å². The lowest BCUT2D eigenvalue weighted by molar-refractivity contribution is 0.141. The van der Waals surface area contributed by atoms with E-state index in [4.69, 9.17) is 9.53 Å². The molecule has 1 N–H and O–H groups in total. The summed E-state index contributed by atoms with van der Waals surface area (Å²) in [7, 11) is -1.63. The predicted molar refractivity (Wildman–Crippen MR) is 68.6 cm³/mol. The molecule has 2 atom stereocenters. The van der Waals surface area contributed by atoms with Crippen molar-refractivity contribution in [3.63, 3.8) is 0 Å². The molecule has 0 aromatic rings. The topological polar surface area (TPSA) is 29.5 Å². The molecule has 0 spiro atoms. The zero-order chi connectivity index (χ0) is 12.3. The zero-order valence-electron chi connectivity index (χ0n) is 11.4. The van der Waals surface area contributed by atoms with Gasteiger partial charge in [0.1, 0.15) is 0 Å². The first-order valence-corrected chi connectivity index (χ1v) is 8.79. The molecule has 92 valence electrons. The molecule has 0 aromatic heterocycles. The SMILES string of the molecule is CC(CO)CC(C)O[Si](C)(C)C(C)(C)C. The molecule has 0 bridgehead atoms. The number of aliphatic hydroxyl groups is 1. The van der Waals surface area contributed by atoms with E-state index < -0.39 is 8.32 Å². The normalized spacial score (nSPS) is 17.6. The smallest absolute Gasteiger partial charge is 0.192 e. The fraction of sp³-hybridized carbons (Fsp3) is 1.00. The molecule has 0 amide bonds. The fourth-order valence-electron chi connectivity index (χ4n) is 1.37. The number of hydrogen-bond donors (Lipinski definition) is 1. The monoisotopic (exact) mass is 232 g/mol. The lowest BCUT2D eigenvalue weighted by Gasteiger charge is -2.38. The highest BCUT2D eigenvalue weighted by Gasteiger charge is 2.38. The average Bonchev–Trinajstić information content (AvgIpc) is 2.00. The van der Waals surface area contributed by atoms with Gasteiger partial charge in [0.15, 0.2) is 8.32 Å². The van der Waals surface area contributed by atoms with Crippen molar-refractivity contribution >= 4 is 8.32 Å². The molecule has 0 aromatic carbocycles. The van der Waals surface area contributed by atoms with Crippen LogP contribution < -0.4 is 0 Å². The Labute approximate surface area is 96.2 Å². The predicted octanol–water partition coefficient (Wildman–Crippen LogP) is 3.42. The highest BCUT2D eigenvalue weighted by molar-refractivity contribution is 6.74. The van der Waals surface area contributed by atoms with Crippen molar-refractivity contribution < 1.29 is 9.53 Å². The molecule has 3 heteroatoms. The van der Waals surface area contributed by atoms with E-state index in [0.717, 1.165) is 6.42 Å². The Morgan fingerprint density at radius 1 is 1.20 bits per heavy atom. The van der Waals surface area contributed by atoms with Crippen molar-refractivity contribution in [3.8, 4) is 0 Å². The molecule has 0 fully saturated rings. The molecular weight excluding hydrogens is 204 g/mol. The fourth-order valence-corrected chi connectivity index (χ4v) is 2.82. The summed E-state index contributed by atoms with van der Waals surface area (Å²) < 4.78 is 6.20. The quantitative estimate of drug-likeness (QED) is 0.736. The van der Waals surface area contributed by atoms with E-state index in [1.54, 1.807) is 0 Å². The van der Waals surface area contributed by atoms with Gasteiger partial charge in [0.05, 0.1) is 0 Å². The first kappa shape index (κ1) is 15.1. The second-order valence-corrected chi connectivity index (χ2v) is 11.0. The van der Waals surface area contributed by atoms with Crippen molar-refractivity contribution in [2.75, 3.05) is 6.61 Å². The molecule has 0 aliphatic carbocycles. The molecule has 0 heterocycles. The maximum Gasteiger partial charge on any atom is 0.192 e. The highest BCUT2D eigenvalue weighted by Crippen LogP contribution is 2.37. The van der Waals surface area contributed by atoms with Gasteiger partial charge in [0, 0.05) is 12.7 Å². The number of aliphatic hydroxyl groups excluding tert-OH is 1. The second-order valence-electron chi connectivity index (χ2n) is 6.21. The Hall–Kier alpha value is 0.137. The molecule has 0 saturated heterocycles. The van der Waals surface area contributed by atoms with Crippen molar-refractivity contribution in [2.45, 2.75) is 65.3 Å². The van der Waals surface area contributed by atoms with Crippen molar-refractivity contribution in [1.82, 2.24) is 0 Å². The average molecular weight is 232 g/mol. The summed E-state index contributed by atoms with van der Waals surface area (Å²) in [4.78, 5) is 0. The van der Waals surface area contributed by atoms with Gasteiger partial charge in [-0.3, -0.25) is 0 Å². The summed E-state index contributed by atoms with van der Waals surface area (Å²) in [6.45, 7) is 15.7. The summed E-state index contributed by atoms with van der Waals surface area (Å²) in [5.74, 6) is 0.338. The van der Waals surface area contributed by atoms with Gasteiger partial charge in [-0.15, -0.1) is 0 Å². The lowest BCUT2D eigenvalue weighted by Crippen LogP contribution is -2.43. The van der Waals surface area contributed by atoms with Crippen LogP contribution in [0.4, 0.5) is 0 Å². The molecule has 0 radical (unpaired) electrons. The summed E-state index contributed by atoms with van der Waals surface area (Å²) >= 11 is 0. The highest BCUT2D eigenvalue weighted by atomic mass is 28.4. The van der Waals surface area contributed by atoms with Gasteiger partial charge in [0.25, 0.3) is 0 Å². The molecular formula is C12H28O2Si. The van der Waals surface area contributed by atoms with E-state index in [-0.39, 0.29) is 17.7 Å². The number of rotatable bonds is 5. The Bertz CT molecular complexity index is 185. The van der Waals surface area contributed by atoms with E-state index in [1.807, 2.05) is 0 Å². The van der Waals surface area contributed by atoms with Gasteiger partial charge in [0.2, 0.25) is 0 Å². The third-order valence-electron chi connectivity index (χ3n) is 3.35. The maximum absolute atomic E-state index is 9.00. The van der Waals surface area contributed by atoms with Crippen LogP contribution in [0.25, 0.3) is 0 Å². The van der Waals surface area contributed by atoms with Crippen LogP contribution >= 0.6 is 0 Å². The Kier molecular flexibility index (Phi) is 5.51. The molecule has 15 heavy (non-hydrogen) atoms. The van der Waals surface area contributed by atoms with Crippen LogP contribution in [0.15, 0.2) is 0 Å². The third kappa shape index (κ3) is 5.14. The van der Waals surface area contributed by atoms with Gasteiger partial charge < -0.3 is 9.53 Å². The van der Waals surface area contributed by atoms with Crippen molar-refractivity contribution in [1.29, 1.82) is 0 Å². The van der Waals surface area contributed by atoms with Crippen LogP contribution in [0, 0.1) is 5.92 Å². The molecule has 2 nitrogen and oxygen atoms in total. The van der Waals surface area contributed by atoms with Gasteiger partial charge >= 0.3 is 0 Å². The van der Waals surface area contributed by atoms with Crippen LogP contribution in [-0.2, 0) is 4.43 Å². The summed E-state index contributed by atoms with van der Waals surface area (Å²) in [5, 5.41) is 9.27. The minimum absolute atomic E-state index is 0.255. The van der Waals surface area contributed by atoms with Gasteiger partial charge in [-0.2, -0.15) is 0 Å². The minimum Gasteiger partial charge on any atom is -0.414 e. The lowest BCUT2D eigenvalue weighted by atomic mass is 10.1. The summed E-state index contributed by atoms with van der Waals surface area (Å²) in [6.07, 6.45) is 1.20. The molecule has 2 unspecified atom stereocenters. The Morgan fingerprint density at radius 3 is 2.00 bits per heavy atom. The largest absolute Gasteiger partial charge is 0.414 e. The van der Waals surface area contributed by atoms with E-state index in [0.29, 0.717) is 5.92 Å². The van der Waals surface area contributed by atoms with E-state index in [2.05, 4.69) is 47.7 Å². The zero-order valence-corrected chi connectivity index (χ0v) is 12.4. The van der Waals surface area contributed by atoms with Crippen LogP contribution in [0.3, 0.4) is 0 Å². The molecule has 0 aliphatic rings. The van der Waals surface area contributed by atoms with Crippen LogP contribution in [0.1, 0.15) is 41.0 Å². The third-order valence-corrected chi connectivity index (χ3v) is 7.95. The minimum atomic E-state index is -1.63. The Morgan fingerprint density at radius 2 is 1.67 bits per heavy atom. The van der Waals surface area contributed by atoms with Crippen molar-refractivity contribution in [2.24, 2.45) is 5.92 Å². The molecule has 0 aliphatic heterocycles. The first-order chi connectivity index (χ1) is 6.60.